The summed E-state index contributed by atoms with van der Waals surface area (Å²) in [6.07, 6.45) is 1.63. The molecule has 3 aromatic carbocycles. The lowest BCUT2D eigenvalue weighted by molar-refractivity contribution is -0.114. The zero-order chi connectivity index (χ0) is 26.5. The maximum absolute atomic E-state index is 12.7. The van der Waals surface area contributed by atoms with Crippen molar-refractivity contribution in [2.75, 3.05) is 19.8 Å². The van der Waals surface area contributed by atoms with Gasteiger partial charge in [-0.05, 0) is 84.8 Å². The van der Waals surface area contributed by atoms with Gasteiger partial charge in [-0.1, -0.05) is 36.4 Å². The van der Waals surface area contributed by atoms with Crippen LogP contribution in [-0.4, -0.2) is 46.8 Å². The number of hydrogen-bond donors (Lipinski definition) is 1. The maximum Gasteiger partial charge on any atom is 0.283 e. The molecule has 0 atom stereocenters. The van der Waals surface area contributed by atoms with Crippen molar-refractivity contribution in [2.45, 2.75) is 13.8 Å². The van der Waals surface area contributed by atoms with Crippen LogP contribution in [0.25, 0.3) is 6.08 Å². The van der Waals surface area contributed by atoms with Crippen molar-refractivity contribution < 1.29 is 19.0 Å². The number of amides is 1. The van der Waals surface area contributed by atoms with E-state index in [0.717, 1.165) is 5.75 Å². The summed E-state index contributed by atoms with van der Waals surface area (Å²) >= 11 is 1.22. The maximum atomic E-state index is 12.7. The Hall–Kier alpha value is -4.37. The van der Waals surface area contributed by atoms with Crippen LogP contribution in [0, 0.1) is 19.3 Å². The van der Waals surface area contributed by atoms with Crippen LogP contribution in [0.15, 0.2) is 88.5 Å². The molecule has 2 aliphatic rings. The van der Waals surface area contributed by atoms with E-state index < -0.39 is 5.91 Å². The number of carbonyl (C=O) groups is 1. The number of thioether (sulfide) groups is 1. The minimum absolute atomic E-state index is 0.0321. The molecule has 0 aromatic heterocycles. The molecule has 3 aromatic rings. The Morgan fingerprint density at radius 2 is 1.61 bits per heavy atom. The minimum atomic E-state index is -0.484. The number of nitrogens with zero attached hydrogens (tertiary/aromatic N) is 3. The fraction of sp³-hybridized carbons (Fsp3) is 0.172. The number of rotatable bonds is 9. The first-order valence-electron chi connectivity index (χ1n) is 12.1. The Balaban J connectivity index is 1.20. The van der Waals surface area contributed by atoms with Gasteiger partial charge in [0.15, 0.2) is 5.84 Å². The quantitative estimate of drug-likeness (QED) is 0.294. The van der Waals surface area contributed by atoms with Crippen molar-refractivity contribution in [1.29, 1.82) is 5.41 Å². The van der Waals surface area contributed by atoms with Crippen molar-refractivity contribution in [2.24, 2.45) is 10.1 Å². The zero-order valence-corrected chi connectivity index (χ0v) is 21.8. The van der Waals surface area contributed by atoms with Gasteiger partial charge in [-0.25, -0.2) is 0 Å². The molecule has 0 radical (unpaired) electrons. The molecule has 0 saturated carbocycles. The average Bonchev–Trinajstić information content (AvgIpc) is 3.34. The molecular formula is C29H26N4O4S. The molecule has 8 nitrogen and oxygen atoms in total. The highest BCUT2D eigenvalue weighted by molar-refractivity contribution is 8.27. The smallest absolute Gasteiger partial charge is 0.283 e. The number of hydrazone groups is 1. The van der Waals surface area contributed by atoms with E-state index in [0.29, 0.717) is 40.5 Å². The van der Waals surface area contributed by atoms with Crippen LogP contribution in [-0.2, 0) is 4.79 Å². The average molecular weight is 527 g/mol. The Kier molecular flexibility index (Phi) is 7.55. The van der Waals surface area contributed by atoms with Crippen LogP contribution in [0.1, 0.15) is 16.7 Å². The molecule has 0 fully saturated rings. The first-order chi connectivity index (χ1) is 18.5. The number of amidine groups is 2. The van der Waals surface area contributed by atoms with Crippen LogP contribution < -0.4 is 14.2 Å². The summed E-state index contributed by atoms with van der Waals surface area (Å²) in [5.41, 5.74) is 3.27. The summed E-state index contributed by atoms with van der Waals surface area (Å²) in [6.45, 7) is 5.10. The topological polar surface area (TPSA) is 96.6 Å². The molecule has 2 heterocycles. The van der Waals surface area contributed by atoms with Crippen LogP contribution >= 0.6 is 11.8 Å². The number of benzene rings is 3. The molecule has 0 spiro atoms. The van der Waals surface area contributed by atoms with Gasteiger partial charge < -0.3 is 14.2 Å². The van der Waals surface area contributed by atoms with Crippen LogP contribution in [0.3, 0.4) is 0 Å². The molecule has 0 bridgehead atoms. The Bertz CT molecular complexity index is 1470. The van der Waals surface area contributed by atoms with Gasteiger partial charge in [-0.2, -0.15) is 15.1 Å². The van der Waals surface area contributed by atoms with Crippen molar-refractivity contribution in [3.8, 4) is 17.2 Å². The molecule has 0 unspecified atom stereocenters. The van der Waals surface area contributed by atoms with Gasteiger partial charge in [-0.3, -0.25) is 10.2 Å². The van der Waals surface area contributed by atoms with Gasteiger partial charge in [0.1, 0.15) is 42.1 Å². The highest BCUT2D eigenvalue weighted by Crippen LogP contribution is 2.29. The summed E-state index contributed by atoms with van der Waals surface area (Å²) in [4.78, 5) is 16.9. The Morgan fingerprint density at radius 3 is 2.37 bits per heavy atom. The summed E-state index contributed by atoms with van der Waals surface area (Å²) in [7, 11) is 0. The summed E-state index contributed by atoms with van der Waals surface area (Å²) in [5, 5.41) is 15.4. The summed E-state index contributed by atoms with van der Waals surface area (Å²) < 4.78 is 17.4. The Labute approximate surface area is 225 Å². The van der Waals surface area contributed by atoms with Gasteiger partial charge >= 0.3 is 0 Å². The van der Waals surface area contributed by atoms with Crippen LogP contribution in [0.5, 0.6) is 17.2 Å². The molecule has 9 heteroatoms. The number of para-hydroxylation sites is 1. The lowest BCUT2D eigenvalue weighted by atomic mass is 10.1. The van der Waals surface area contributed by atoms with Gasteiger partial charge in [0.2, 0.25) is 5.17 Å². The minimum Gasteiger partial charge on any atom is -0.490 e. The van der Waals surface area contributed by atoms with Crippen molar-refractivity contribution in [1.82, 2.24) is 5.01 Å². The van der Waals surface area contributed by atoms with Gasteiger partial charge in [0.05, 0.1) is 5.57 Å². The van der Waals surface area contributed by atoms with Gasteiger partial charge in [0, 0.05) is 0 Å². The number of nitrogens with one attached hydrogen (secondary N) is 1. The predicted octanol–water partition coefficient (Wildman–Crippen LogP) is 5.46. The molecule has 1 amide bonds. The lowest BCUT2D eigenvalue weighted by Crippen LogP contribution is -2.35. The monoisotopic (exact) mass is 526 g/mol. The fourth-order valence-electron chi connectivity index (χ4n) is 3.74. The Morgan fingerprint density at radius 1 is 0.868 bits per heavy atom. The molecule has 0 aliphatic carbocycles. The van der Waals surface area contributed by atoms with E-state index in [1.54, 1.807) is 6.08 Å². The number of aryl methyl sites for hydroxylation is 2. The number of carbonyl (C=O) groups excluding carboxylic acids is 1. The number of ether oxygens (including phenoxy) is 3. The third-order valence-corrected chi connectivity index (χ3v) is 6.75. The number of hydrogen-bond acceptors (Lipinski definition) is 7. The van der Waals surface area contributed by atoms with Crippen LogP contribution in [0.4, 0.5) is 0 Å². The van der Waals surface area contributed by atoms with E-state index in [9.17, 15) is 4.79 Å². The number of fused-ring (bicyclic) bond motifs is 1. The molecule has 1 N–H and O–H groups in total. The summed E-state index contributed by atoms with van der Waals surface area (Å²) in [5.74, 6) is 1.64. The SMILES string of the molecule is Cc1ccc(OCCOc2cccc(/C=C3/C(=N)N4N=C(COc5ccccc5)SC4=NC3=O)c2)cc1C. The van der Waals surface area contributed by atoms with E-state index in [-0.39, 0.29) is 18.0 Å². The van der Waals surface area contributed by atoms with E-state index in [1.807, 2.05) is 72.8 Å². The zero-order valence-electron chi connectivity index (χ0n) is 21.0. The third-order valence-electron chi connectivity index (χ3n) is 5.87. The molecular weight excluding hydrogens is 500 g/mol. The van der Waals surface area contributed by atoms with Crippen molar-refractivity contribution in [3.05, 3.63) is 95.1 Å². The fourth-order valence-corrected chi connectivity index (χ4v) is 4.53. The lowest BCUT2D eigenvalue weighted by Gasteiger charge is -2.20. The second-order valence-corrected chi connectivity index (χ2v) is 9.67. The van der Waals surface area contributed by atoms with Crippen LogP contribution in [0.2, 0.25) is 0 Å². The highest BCUT2D eigenvalue weighted by atomic mass is 32.2. The molecule has 5 rings (SSSR count). The third kappa shape index (κ3) is 5.95. The second-order valence-electron chi connectivity index (χ2n) is 8.63. The first kappa shape index (κ1) is 25.3. The predicted molar refractivity (Wildman–Crippen MR) is 150 cm³/mol. The molecule has 192 valence electrons. The first-order valence-corrected chi connectivity index (χ1v) is 12.9. The standard InChI is InChI=1S/C29H26N4O4S/c1-19-11-12-24(15-20(19)2)36-14-13-35-23-10-6-7-21(16-23)17-25-27(30)33-29(31-28(25)34)38-26(32-33)18-37-22-8-4-3-5-9-22/h3-12,15-17,30H,13-14,18H2,1-2H3/b25-17-,30-27?. The van der Waals surface area contributed by atoms with Gasteiger partial charge in [-0.15, -0.1) is 0 Å². The van der Waals surface area contributed by atoms with Crippen molar-refractivity contribution in [3.63, 3.8) is 0 Å². The second kappa shape index (κ2) is 11.4. The normalized spacial score (nSPS) is 15.7. The van der Waals surface area contributed by atoms with E-state index in [1.165, 1.54) is 27.9 Å². The summed E-state index contributed by atoms with van der Waals surface area (Å²) in [6, 6.07) is 22.7. The highest BCUT2D eigenvalue weighted by Gasteiger charge is 2.35. The van der Waals surface area contributed by atoms with E-state index in [4.69, 9.17) is 19.6 Å². The molecule has 0 saturated heterocycles. The van der Waals surface area contributed by atoms with Crippen molar-refractivity contribution >= 4 is 39.8 Å². The van der Waals surface area contributed by atoms with E-state index in [2.05, 4.69) is 23.9 Å². The van der Waals surface area contributed by atoms with Gasteiger partial charge in [0.25, 0.3) is 5.91 Å². The number of aliphatic imine (C=N–C) groups is 1. The van der Waals surface area contributed by atoms with E-state index >= 15 is 0 Å². The molecule has 2 aliphatic heterocycles. The molecule has 38 heavy (non-hydrogen) atoms. The largest absolute Gasteiger partial charge is 0.490 e.